The van der Waals surface area contributed by atoms with Crippen LogP contribution in [-0.2, 0) is 4.79 Å². The highest BCUT2D eigenvalue weighted by Crippen LogP contribution is 1.81. The van der Waals surface area contributed by atoms with Crippen LogP contribution in [0.5, 0.6) is 0 Å². The molecule has 52 valence electrons. The van der Waals surface area contributed by atoms with Crippen LogP contribution in [0.3, 0.4) is 0 Å². The predicted octanol–water partition coefficient (Wildman–Crippen LogP) is -0.292. The first-order valence-corrected chi connectivity index (χ1v) is 3.06. The number of para-hydroxylation sites is 1. The smallest absolute Gasteiger partial charge is 0.267 e. The molecule has 2 heteroatoms. The summed E-state index contributed by atoms with van der Waals surface area (Å²) in [6.45, 7) is 0. The molecule has 0 fully saturated rings. The van der Waals surface area contributed by atoms with Gasteiger partial charge in [0.2, 0.25) is 0 Å². The van der Waals surface area contributed by atoms with E-state index in [-0.39, 0.29) is 13.3 Å². The molecule has 0 atom stereocenters. The van der Waals surface area contributed by atoms with Crippen molar-refractivity contribution in [2.45, 2.75) is 0 Å². The molecule has 2 nitrogen and oxygen atoms in total. The first-order valence-electron chi connectivity index (χ1n) is 3.06. The molecule has 1 amide bonds. The largest absolute Gasteiger partial charge is 0.270 e. The lowest BCUT2D eigenvalue weighted by Gasteiger charge is -1.77. The van der Waals surface area contributed by atoms with Crippen molar-refractivity contribution >= 4 is 12.0 Å². The number of carbonyl (C=O) groups excluding carboxylic acids is 1. The van der Waals surface area contributed by atoms with Gasteiger partial charge in [0, 0.05) is 18.7 Å². The van der Waals surface area contributed by atoms with E-state index >= 15 is 0 Å². The Morgan fingerprint density at radius 1 is 1.18 bits per heavy atom. The maximum atomic E-state index is 10.7. The molecule has 1 aromatic carbocycles. The standard InChI is InChI=1S/C8H5NO.C/c10-8-5-6-3-1-2-4-7(6)9-8;/h1-5H;. The highest BCUT2D eigenvalue weighted by atomic mass is 16.1. The van der Waals surface area contributed by atoms with E-state index in [0.29, 0.717) is 0 Å². The molecule has 0 saturated carbocycles. The van der Waals surface area contributed by atoms with Gasteiger partial charge in [-0.3, -0.25) is 4.79 Å². The summed E-state index contributed by atoms with van der Waals surface area (Å²) in [4.78, 5) is 14.4. The fourth-order valence-corrected chi connectivity index (χ4v) is 0.995. The molecule has 4 radical (unpaired) electrons. The first-order chi connectivity index (χ1) is 4.86. The van der Waals surface area contributed by atoms with Gasteiger partial charge < -0.3 is 0 Å². The minimum Gasteiger partial charge on any atom is -0.267 e. The van der Waals surface area contributed by atoms with Gasteiger partial charge in [-0.15, -0.1) is 0 Å². The maximum Gasteiger partial charge on any atom is 0.270 e. The van der Waals surface area contributed by atoms with Crippen molar-refractivity contribution < 1.29 is 4.79 Å². The monoisotopic (exact) mass is 143 g/mol. The highest BCUT2D eigenvalue weighted by Gasteiger charge is 1.99. The van der Waals surface area contributed by atoms with Gasteiger partial charge in [0.25, 0.3) is 5.91 Å². The number of hydrogen-bond donors (Lipinski definition) is 0. The fraction of sp³-hybridized carbons (Fsp3) is 0. The lowest BCUT2D eigenvalue weighted by atomic mass is 10.3. The van der Waals surface area contributed by atoms with Gasteiger partial charge in [0.1, 0.15) is 0 Å². The van der Waals surface area contributed by atoms with Gasteiger partial charge in [-0.05, 0) is 6.07 Å². The normalized spacial score (nSPS) is 12.5. The molecular weight excluding hydrogens is 138 g/mol. The Morgan fingerprint density at radius 2 is 1.91 bits per heavy atom. The zero-order valence-corrected chi connectivity index (χ0v) is 5.74. The predicted molar refractivity (Wildman–Crippen MR) is 39.9 cm³/mol. The van der Waals surface area contributed by atoms with E-state index in [4.69, 9.17) is 0 Å². The van der Waals surface area contributed by atoms with E-state index in [0.717, 1.165) is 10.6 Å². The highest BCUT2D eigenvalue weighted by molar-refractivity contribution is 6.06. The van der Waals surface area contributed by atoms with E-state index in [1.165, 1.54) is 6.08 Å². The van der Waals surface area contributed by atoms with Crippen molar-refractivity contribution in [3.8, 4) is 0 Å². The molecule has 0 bridgehead atoms. The molecule has 0 spiro atoms. The van der Waals surface area contributed by atoms with Crippen LogP contribution in [0.15, 0.2) is 29.3 Å². The van der Waals surface area contributed by atoms with Gasteiger partial charge in [-0.25, -0.2) is 4.99 Å². The van der Waals surface area contributed by atoms with Gasteiger partial charge in [0.05, 0.1) is 5.36 Å². The number of carbonyl (C=O) groups is 1. The summed E-state index contributed by atoms with van der Waals surface area (Å²) in [6.07, 6.45) is 1.54. The summed E-state index contributed by atoms with van der Waals surface area (Å²) in [6, 6.07) is 7.47. The van der Waals surface area contributed by atoms with Crippen molar-refractivity contribution in [2.24, 2.45) is 4.99 Å². The fourth-order valence-electron chi connectivity index (χ4n) is 0.995. The third-order valence-corrected chi connectivity index (χ3v) is 1.45. The van der Waals surface area contributed by atoms with Crippen molar-refractivity contribution in [1.29, 1.82) is 0 Å². The zero-order valence-electron chi connectivity index (χ0n) is 5.74. The molecule has 0 unspecified atom stereocenters. The molecule has 1 aliphatic heterocycles. The number of amides is 1. The minimum atomic E-state index is -0.152. The summed E-state index contributed by atoms with van der Waals surface area (Å²) in [5.41, 5.74) is 0. The molecule has 2 rings (SSSR count). The van der Waals surface area contributed by atoms with Crippen molar-refractivity contribution in [1.82, 2.24) is 0 Å². The Hall–Kier alpha value is -1.44. The average molecular weight is 143 g/mol. The van der Waals surface area contributed by atoms with Gasteiger partial charge in [-0.1, -0.05) is 18.2 Å². The Labute approximate surface area is 64.9 Å². The Bertz CT molecular complexity index is 355. The van der Waals surface area contributed by atoms with Crippen LogP contribution in [0.25, 0.3) is 6.08 Å². The van der Waals surface area contributed by atoms with E-state index in [1.54, 1.807) is 0 Å². The number of benzene rings is 1. The van der Waals surface area contributed by atoms with Crippen LogP contribution in [0.4, 0.5) is 0 Å². The summed E-state index contributed by atoms with van der Waals surface area (Å²) in [5.74, 6) is -0.152. The Morgan fingerprint density at radius 3 is 2.64 bits per heavy atom. The van der Waals surface area contributed by atoms with Crippen LogP contribution in [0.1, 0.15) is 0 Å². The van der Waals surface area contributed by atoms with E-state index in [9.17, 15) is 4.79 Å². The number of rotatable bonds is 0. The summed E-state index contributed by atoms with van der Waals surface area (Å²) in [7, 11) is 0. The second kappa shape index (κ2) is 2.66. The second-order valence-corrected chi connectivity index (χ2v) is 2.15. The SMILES string of the molecule is O=C1C=c2ccccc2=N1.[C]. The van der Waals surface area contributed by atoms with Crippen LogP contribution in [-0.4, -0.2) is 5.91 Å². The molecule has 11 heavy (non-hydrogen) atoms. The number of nitrogens with zero attached hydrogens (tertiary/aromatic N) is 1. The number of hydrogen-bond acceptors (Lipinski definition) is 1. The summed E-state index contributed by atoms with van der Waals surface area (Å²) in [5, 5.41) is 1.71. The van der Waals surface area contributed by atoms with Crippen LogP contribution in [0.2, 0.25) is 0 Å². The van der Waals surface area contributed by atoms with Crippen LogP contribution < -0.4 is 10.6 Å². The Balaban J connectivity index is 0.000000605. The van der Waals surface area contributed by atoms with E-state index in [1.807, 2.05) is 24.3 Å². The molecule has 0 saturated heterocycles. The molecular formula is C9H5NO. The molecule has 0 N–H and O–H groups in total. The molecule has 0 aliphatic carbocycles. The zero-order chi connectivity index (χ0) is 6.97. The lowest BCUT2D eigenvalue weighted by Crippen LogP contribution is -2.19. The topological polar surface area (TPSA) is 29.4 Å². The quantitative estimate of drug-likeness (QED) is 0.490. The van der Waals surface area contributed by atoms with Gasteiger partial charge in [-0.2, -0.15) is 0 Å². The molecule has 1 heterocycles. The third-order valence-electron chi connectivity index (χ3n) is 1.45. The molecule has 1 aliphatic rings. The van der Waals surface area contributed by atoms with Crippen LogP contribution >= 0.6 is 0 Å². The van der Waals surface area contributed by atoms with Gasteiger partial charge in [0.15, 0.2) is 0 Å². The number of fused-ring (bicyclic) bond motifs is 1. The van der Waals surface area contributed by atoms with E-state index < -0.39 is 0 Å². The van der Waals surface area contributed by atoms with E-state index in [2.05, 4.69) is 4.99 Å². The molecule has 0 aromatic heterocycles. The van der Waals surface area contributed by atoms with Crippen LogP contribution in [0, 0.1) is 7.43 Å². The minimum absolute atomic E-state index is 0. The average Bonchev–Trinajstić information content (AvgIpc) is 2.27. The third kappa shape index (κ3) is 1.19. The van der Waals surface area contributed by atoms with Crippen molar-refractivity contribution in [3.05, 3.63) is 42.3 Å². The molecule has 1 aromatic rings. The van der Waals surface area contributed by atoms with Crippen molar-refractivity contribution in [3.63, 3.8) is 0 Å². The summed E-state index contributed by atoms with van der Waals surface area (Å²) < 4.78 is 0. The second-order valence-electron chi connectivity index (χ2n) is 2.15. The Kier molecular flexibility index (Phi) is 1.85. The lowest BCUT2D eigenvalue weighted by molar-refractivity contribution is -0.112. The summed E-state index contributed by atoms with van der Waals surface area (Å²) >= 11 is 0. The first kappa shape index (κ1) is 7.66. The maximum absolute atomic E-state index is 10.7. The van der Waals surface area contributed by atoms with Gasteiger partial charge >= 0.3 is 0 Å². The van der Waals surface area contributed by atoms with Crippen molar-refractivity contribution in [2.75, 3.05) is 0 Å².